The number of rotatable bonds is 28. The summed E-state index contributed by atoms with van der Waals surface area (Å²) in [5, 5.41) is 18.8. The molecule has 0 spiro atoms. The van der Waals surface area contributed by atoms with Crippen molar-refractivity contribution in [2.45, 2.75) is 180 Å². The topological polar surface area (TPSA) is 84.9 Å². The maximum Gasteiger partial charge on any atom is 0.224 e. The van der Waals surface area contributed by atoms with E-state index in [0.717, 1.165) is 51.4 Å². The molecule has 0 aliphatic rings. The van der Waals surface area contributed by atoms with Gasteiger partial charge in [0.05, 0.1) is 25.4 Å². The fourth-order valence-corrected chi connectivity index (χ4v) is 4.50. The zero-order valence-electron chi connectivity index (χ0n) is 23.9. The minimum atomic E-state index is -1.01. The standard InChI is InChI=1S/C30H63NO4/c1-4-5-6-7-8-9-10-11-12-13-14-15-16-17-20-25-30(31,34-26-21-18-23-28(2)32)35-27-22-19-24-29(3)33/h28-29,32-33H,4-27,31H2,1-3H3. The van der Waals surface area contributed by atoms with Crippen LogP contribution in [0.4, 0.5) is 0 Å². The average molecular weight is 502 g/mol. The Hall–Kier alpha value is -0.200. The van der Waals surface area contributed by atoms with Gasteiger partial charge >= 0.3 is 0 Å². The summed E-state index contributed by atoms with van der Waals surface area (Å²) in [7, 11) is 0. The lowest BCUT2D eigenvalue weighted by atomic mass is 10.0. The Morgan fingerprint density at radius 1 is 0.543 bits per heavy atom. The number of nitrogens with two attached hydrogens (primary N) is 1. The van der Waals surface area contributed by atoms with E-state index >= 15 is 0 Å². The van der Waals surface area contributed by atoms with Crippen molar-refractivity contribution in [1.82, 2.24) is 0 Å². The number of hydrogen-bond acceptors (Lipinski definition) is 5. The molecular formula is C30H63NO4. The van der Waals surface area contributed by atoms with Gasteiger partial charge < -0.3 is 19.7 Å². The number of ether oxygens (including phenoxy) is 2. The SMILES string of the molecule is CCCCCCCCCCCCCCCCCC(N)(OCCCCC(C)O)OCCCCC(C)O. The van der Waals surface area contributed by atoms with Gasteiger partial charge in [-0.25, -0.2) is 0 Å². The molecule has 5 nitrogen and oxygen atoms in total. The number of hydrogen-bond donors (Lipinski definition) is 3. The smallest absolute Gasteiger partial charge is 0.224 e. The van der Waals surface area contributed by atoms with Gasteiger partial charge in [-0.05, 0) is 58.8 Å². The van der Waals surface area contributed by atoms with Gasteiger partial charge in [0.2, 0.25) is 5.91 Å². The first kappa shape index (κ1) is 34.8. The Balaban J connectivity index is 3.86. The molecule has 2 unspecified atom stereocenters. The van der Waals surface area contributed by atoms with Gasteiger partial charge in [0.15, 0.2) is 0 Å². The van der Waals surface area contributed by atoms with Gasteiger partial charge in [-0.1, -0.05) is 96.8 Å². The molecule has 0 heterocycles. The zero-order valence-corrected chi connectivity index (χ0v) is 23.9. The number of aliphatic hydroxyl groups is 2. The molecule has 0 aromatic rings. The first-order valence-electron chi connectivity index (χ1n) is 15.3. The van der Waals surface area contributed by atoms with Crippen LogP contribution in [-0.4, -0.2) is 41.5 Å². The maximum absolute atomic E-state index is 9.41. The molecule has 0 aliphatic carbocycles. The molecule has 0 bridgehead atoms. The van der Waals surface area contributed by atoms with Gasteiger partial charge in [-0.2, -0.15) is 0 Å². The highest BCUT2D eigenvalue weighted by molar-refractivity contribution is 4.63. The Morgan fingerprint density at radius 2 is 0.886 bits per heavy atom. The second-order valence-electron chi connectivity index (χ2n) is 10.9. The predicted octanol–water partition coefficient (Wildman–Crippen LogP) is 8.00. The number of unbranched alkanes of at least 4 members (excludes halogenated alkanes) is 16. The quantitative estimate of drug-likeness (QED) is 0.0747. The lowest BCUT2D eigenvalue weighted by Crippen LogP contribution is -2.46. The molecule has 0 saturated carbocycles. The van der Waals surface area contributed by atoms with Crippen molar-refractivity contribution in [1.29, 1.82) is 0 Å². The lowest BCUT2D eigenvalue weighted by Gasteiger charge is -2.30. The summed E-state index contributed by atoms with van der Waals surface area (Å²) in [6, 6.07) is 0. The number of aliphatic hydroxyl groups excluding tert-OH is 2. The Labute approximate surface area is 218 Å². The summed E-state index contributed by atoms with van der Waals surface area (Å²) in [6.45, 7) is 7.05. The second kappa shape index (κ2) is 25.4. The van der Waals surface area contributed by atoms with Crippen LogP contribution in [0.3, 0.4) is 0 Å². The van der Waals surface area contributed by atoms with E-state index in [1.54, 1.807) is 0 Å². The van der Waals surface area contributed by atoms with Crippen molar-refractivity contribution in [3.63, 3.8) is 0 Å². The molecule has 0 radical (unpaired) electrons. The molecule has 0 fully saturated rings. The third kappa shape index (κ3) is 26.7. The molecule has 0 aliphatic heterocycles. The van der Waals surface area contributed by atoms with Crippen LogP contribution in [-0.2, 0) is 9.47 Å². The van der Waals surface area contributed by atoms with E-state index in [1.165, 1.54) is 89.9 Å². The Bertz CT molecular complexity index is 399. The van der Waals surface area contributed by atoms with Crippen LogP contribution in [0, 0.1) is 0 Å². The van der Waals surface area contributed by atoms with Crippen molar-refractivity contribution in [3.05, 3.63) is 0 Å². The highest BCUT2D eigenvalue weighted by atomic mass is 16.7. The van der Waals surface area contributed by atoms with Crippen LogP contribution in [0.1, 0.15) is 162 Å². The summed E-state index contributed by atoms with van der Waals surface area (Å²) in [4.78, 5) is 0. The monoisotopic (exact) mass is 501 g/mol. The van der Waals surface area contributed by atoms with E-state index in [9.17, 15) is 10.2 Å². The first-order valence-corrected chi connectivity index (χ1v) is 15.3. The maximum atomic E-state index is 9.41. The van der Waals surface area contributed by atoms with Crippen LogP contribution in [0.15, 0.2) is 0 Å². The van der Waals surface area contributed by atoms with Gasteiger partial charge in [0.25, 0.3) is 0 Å². The molecule has 212 valence electrons. The average Bonchev–Trinajstić information content (AvgIpc) is 2.81. The fraction of sp³-hybridized carbons (Fsp3) is 1.00. The summed E-state index contributed by atoms with van der Waals surface area (Å²) in [5.41, 5.74) is 6.49. The van der Waals surface area contributed by atoms with Crippen molar-refractivity contribution in [3.8, 4) is 0 Å². The molecule has 35 heavy (non-hydrogen) atoms. The van der Waals surface area contributed by atoms with E-state index < -0.39 is 5.91 Å². The summed E-state index contributed by atoms with van der Waals surface area (Å²) in [6.07, 6.45) is 25.6. The summed E-state index contributed by atoms with van der Waals surface area (Å²) in [5.74, 6) is -1.01. The first-order chi connectivity index (χ1) is 16.9. The molecule has 0 rings (SSSR count). The molecular weight excluding hydrogens is 438 g/mol. The summed E-state index contributed by atoms with van der Waals surface area (Å²) >= 11 is 0. The van der Waals surface area contributed by atoms with Gasteiger partial charge in [0.1, 0.15) is 0 Å². The van der Waals surface area contributed by atoms with Crippen molar-refractivity contribution < 1.29 is 19.7 Å². The van der Waals surface area contributed by atoms with Crippen molar-refractivity contribution >= 4 is 0 Å². The third-order valence-corrected chi connectivity index (χ3v) is 6.85. The van der Waals surface area contributed by atoms with Crippen LogP contribution in [0.25, 0.3) is 0 Å². The molecule has 4 N–H and O–H groups in total. The van der Waals surface area contributed by atoms with Crippen LogP contribution in [0.2, 0.25) is 0 Å². The molecule has 0 aromatic heterocycles. The van der Waals surface area contributed by atoms with E-state index in [-0.39, 0.29) is 12.2 Å². The largest absolute Gasteiger partial charge is 0.393 e. The molecule has 5 heteroatoms. The minimum Gasteiger partial charge on any atom is -0.393 e. The van der Waals surface area contributed by atoms with Crippen LogP contribution >= 0.6 is 0 Å². The van der Waals surface area contributed by atoms with E-state index in [1.807, 2.05) is 13.8 Å². The van der Waals surface area contributed by atoms with E-state index in [0.29, 0.717) is 13.2 Å². The molecule has 0 aromatic carbocycles. The van der Waals surface area contributed by atoms with E-state index in [2.05, 4.69) is 6.92 Å². The van der Waals surface area contributed by atoms with Crippen LogP contribution in [0.5, 0.6) is 0 Å². The van der Waals surface area contributed by atoms with Gasteiger partial charge in [-0.15, -0.1) is 0 Å². The molecule has 0 saturated heterocycles. The van der Waals surface area contributed by atoms with Gasteiger partial charge in [0, 0.05) is 6.42 Å². The van der Waals surface area contributed by atoms with Gasteiger partial charge in [-0.3, -0.25) is 5.73 Å². The third-order valence-electron chi connectivity index (χ3n) is 6.85. The highest BCUT2D eigenvalue weighted by Crippen LogP contribution is 2.20. The minimum absolute atomic E-state index is 0.261. The van der Waals surface area contributed by atoms with Crippen molar-refractivity contribution in [2.75, 3.05) is 13.2 Å². The highest BCUT2D eigenvalue weighted by Gasteiger charge is 2.26. The van der Waals surface area contributed by atoms with Crippen molar-refractivity contribution in [2.24, 2.45) is 5.73 Å². The van der Waals surface area contributed by atoms with E-state index in [4.69, 9.17) is 15.2 Å². The van der Waals surface area contributed by atoms with Crippen LogP contribution < -0.4 is 5.73 Å². The fourth-order valence-electron chi connectivity index (χ4n) is 4.50. The second-order valence-corrected chi connectivity index (χ2v) is 10.9. The zero-order chi connectivity index (χ0) is 26.0. The normalized spacial score (nSPS) is 15.3. The molecule has 0 amide bonds. The Morgan fingerprint density at radius 3 is 1.23 bits per heavy atom. The Kier molecular flexibility index (Phi) is 25.3. The predicted molar refractivity (Wildman–Crippen MR) is 149 cm³/mol. The molecule has 2 atom stereocenters. The summed E-state index contributed by atoms with van der Waals surface area (Å²) < 4.78 is 12.0. The lowest BCUT2D eigenvalue weighted by molar-refractivity contribution is -0.239.